The van der Waals surface area contributed by atoms with Crippen molar-refractivity contribution in [1.29, 1.82) is 0 Å². The van der Waals surface area contributed by atoms with Crippen molar-refractivity contribution in [2.75, 3.05) is 0 Å². The molecule has 0 radical (unpaired) electrons. The Kier molecular flexibility index (Phi) is 4.20. The van der Waals surface area contributed by atoms with E-state index in [-0.39, 0.29) is 6.04 Å². The van der Waals surface area contributed by atoms with E-state index in [2.05, 4.69) is 0 Å². The van der Waals surface area contributed by atoms with Gasteiger partial charge in [0.25, 0.3) is 0 Å². The molecule has 0 saturated carbocycles. The van der Waals surface area contributed by atoms with Crippen molar-refractivity contribution >= 4 is 23.2 Å². The SMILES string of the molecule is CC(N)CC(O)c1ccc(Cl)c(Cl)c1. The summed E-state index contributed by atoms with van der Waals surface area (Å²) in [6.45, 7) is 1.85. The number of rotatable bonds is 3. The van der Waals surface area contributed by atoms with Crippen LogP contribution in [0.15, 0.2) is 18.2 Å². The van der Waals surface area contributed by atoms with E-state index in [1.54, 1.807) is 18.2 Å². The number of hydrogen-bond donors (Lipinski definition) is 2. The van der Waals surface area contributed by atoms with Crippen LogP contribution in [0, 0.1) is 0 Å². The molecule has 0 aliphatic rings. The highest BCUT2D eigenvalue weighted by Gasteiger charge is 2.11. The lowest BCUT2D eigenvalue weighted by Gasteiger charge is -2.13. The van der Waals surface area contributed by atoms with Gasteiger partial charge in [0.2, 0.25) is 0 Å². The normalized spacial score (nSPS) is 15.2. The number of hydrogen-bond acceptors (Lipinski definition) is 2. The van der Waals surface area contributed by atoms with E-state index in [1.165, 1.54) is 0 Å². The van der Waals surface area contributed by atoms with Crippen LogP contribution in [0.5, 0.6) is 0 Å². The number of benzene rings is 1. The Morgan fingerprint density at radius 2 is 2.00 bits per heavy atom. The molecular weight excluding hydrogens is 221 g/mol. The highest BCUT2D eigenvalue weighted by Crippen LogP contribution is 2.27. The number of halogens is 2. The van der Waals surface area contributed by atoms with Crippen LogP contribution in [0.2, 0.25) is 10.0 Å². The summed E-state index contributed by atoms with van der Waals surface area (Å²) in [7, 11) is 0. The van der Waals surface area contributed by atoms with Gasteiger partial charge in [-0.3, -0.25) is 0 Å². The van der Waals surface area contributed by atoms with E-state index in [0.717, 1.165) is 5.56 Å². The fraction of sp³-hybridized carbons (Fsp3) is 0.400. The third-order valence-corrected chi connectivity index (χ3v) is 2.66. The summed E-state index contributed by atoms with van der Waals surface area (Å²) in [6.07, 6.45) is -0.0671. The van der Waals surface area contributed by atoms with Crippen molar-refractivity contribution in [2.24, 2.45) is 5.73 Å². The molecule has 3 N–H and O–H groups in total. The second-order valence-corrected chi connectivity index (χ2v) is 4.22. The van der Waals surface area contributed by atoms with E-state index in [4.69, 9.17) is 28.9 Å². The molecule has 0 saturated heterocycles. The lowest BCUT2D eigenvalue weighted by molar-refractivity contribution is 0.160. The van der Waals surface area contributed by atoms with Gasteiger partial charge in [0.1, 0.15) is 0 Å². The maximum absolute atomic E-state index is 9.72. The molecule has 0 aliphatic heterocycles. The second-order valence-electron chi connectivity index (χ2n) is 3.40. The summed E-state index contributed by atoms with van der Waals surface area (Å²) in [5, 5.41) is 10.7. The predicted octanol–water partition coefficient (Wildman–Crippen LogP) is 2.76. The molecule has 1 rings (SSSR count). The molecule has 2 unspecified atom stereocenters. The third kappa shape index (κ3) is 3.14. The van der Waals surface area contributed by atoms with Crippen molar-refractivity contribution in [3.05, 3.63) is 33.8 Å². The molecule has 0 spiro atoms. The topological polar surface area (TPSA) is 46.2 Å². The summed E-state index contributed by atoms with van der Waals surface area (Å²) >= 11 is 11.6. The first-order valence-electron chi connectivity index (χ1n) is 4.39. The van der Waals surface area contributed by atoms with Crippen molar-refractivity contribution in [3.63, 3.8) is 0 Å². The van der Waals surface area contributed by atoms with Crippen molar-refractivity contribution in [3.8, 4) is 0 Å². The van der Waals surface area contributed by atoms with Gasteiger partial charge in [-0.05, 0) is 31.0 Å². The van der Waals surface area contributed by atoms with Crippen LogP contribution in [0.4, 0.5) is 0 Å². The molecule has 1 aromatic carbocycles. The van der Waals surface area contributed by atoms with Crippen LogP contribution in [-0.2, 0) is 0 Å². The Bertz CT molecular complexity index is 315. The van der Waals surface area contributed by atoms with Crippen LogP contribution in [0.1, 0.15) is 25.0 Å². The Balaban J connectivity index is 2.80. The molecule has 78 valence electrons. The van der Waals surface area contributed by atoms with Gasteiger partial charge >= 0.3 is 0 Å². The summed E-state index contributed by atoms with van der Waals surface area (Å²) < 4.78 is 0. The van der Waals surface area contributed by atoms with Gasteiger partial charge in [-0.1, -0.05) is 29.3 Å². The van der Waals surface area contributed by atoms with E-state index < -0.39 is 6.10 Å². The van der Waals surface area contributed by atoms with Crippen molar-refractivity contribution in [1.82, 2.24) is 0 Å². The standard InChI is InChI=1S/C10H13Cl2NO/c1-6(13)4-10(14)7-2-3-8(11)9(12)5-7/h2-3,5-6,10,14H,4,13H2,1H3. The largest absolute Gasteiger partial charge is 0.388 e. The zero-order valence-corrected chi connectivity index (χ0v) is 9.39. The van der Waals surface area contributed by atoms with Gasteiger partial charge in [0.15, 0.2) is 0 Å². The zero-order chi connectivity index (χ0) is 10.7. The highest BCUT2D eigenvalue weighted by molar-refractivity contribution is 6.42. The van der Waals surface area contributed by atoms with Gasteiger partial charge in [0.05, 0.1) is 16.1 Å². The first-order valence-corrected chi connectivity index (χ1v) is 5.15. The minimum absolute atomic E-state index is 0.0422. The number of nitrogens with two attached hydrogens (primary N) is 1. The molecule has 1 aromatic rings. The summed E-state index contributed by atoms with van der Waals surface area (Å²) in [5.74, 6) is 0. The Labute approximate surface area is 93.6 Å². The Morgan fingerprint density at radius 1 is 1.36 bits per heavy atom. The van der Waals surface area contributed by atoms with Crippen LogP contribution in [-0.4, -0.2) is 11.1 Å². The fourth-order valence-electron chi connectivity index (χ4n) is 1.21. The molecule has 14 heavy (non-hydrogen) atoms. The lowest BCUT2D eigenvalue weighted by atomic mass is 10.0. The van der Waals surface area contributed by atoms with E-state index in [0.29, 0.717) is 16.5 Å². The smallest absolute Gasteiger partial charge is 0.0805 e. The van der Waals surface area contributed by atoms with Crippen LogP contribution in [0.3, 0.4) is 0 Å². The van der Waals surface area contributed by atoms with Gasteiger partial charge in [-0.15, -0.1) is 0 Å². The molecule has 4 heteroatoms. The Morgan fingerprint density at radius 3 is 2.50 bits per heavy atom. The maximum atomic E-state index is 9.72. The average molecular weight is 234 g/mol. The minimum Gasteiger partial charge on any atom is -0.388 e. The van der Waals surface area contributed by atoms with Gasteiger partial charge in [0, 0.05) is 6.04 Å². The summed E-state index contributed by atoms with van der Waals surface area (Å²) in [6, 6.07) is 5.04. The summed E-state index contributed by atoms with van der Waals surface area (Å²) in [5.41, 5.74) is 6.33. The van der Waals surface area contributed by atoms with E-state index >= 15 is 0 Å². The number of aliphatic hydroxyl groups excluding tert-OH is 1. The first-order chi connectivity index (χ1) is 6.50. The molecule has 0 bridgehead atoms. The van der Waals surface area contributed by atoms with Gasteiger partial charge in [-0.2, -0.15) is 0 Å². The molecule has 0 aromatic heterocycles. The lowest BCUT2D eigenvalue weighted by Crippen LogP contribution is -2.18. The van der Waals surface area contributed by atoms with Crippen molar-refractivity contribution in [2.45, 2.75) is 25.5 Å². The molecular formula is C10H13Cl2NO. The second kappa shape index (κ2) is 4.99. The van der Waals surface area contributed by atoms with Crippen LogP contribution < -0.4 is 5.73 Å². The molecule has 0 heterocycles. The fourth-order valence-corrected chi connectivity index (χ4v) is 1.51. The molecule has 0 aliphatic carbocycles. The predicted molar refractivity (Wildman–Crippen MR) is 59.7 cm³/mol. The monoisotopic (exact) mass is 233 g/mol. The number of aliphatic hydroxyl groups is 1. The van der Waals surface area contributed by atoms with Gasteiger partial charge < -0.3 is 10.8 Å². The maximum Gasteiger partial charge on any atom is 0.0805 e. The van der Waals surface area contributed by atoms with Crippen LogP contribution in [0.25, 0.3) is 0 Å². The molecule has 2 atom stereocenters. The van der Waals surface area contributed by atoms with E-state index in [9.17, 15) is 5.11 Å². The first kappa shape index (κ1) is 11.8. The molecule has 0 fully saturated rings. The average Bonchev–Trinajstić information content (AvgIpc) is 2.08. The van der Waals surface area contributed by atoms with Gasteiger partial charge in [-0.25, -0.2) is 0 Å². The van der Waals surface area contributed by atoms with Crippen molar-refractivity contribution < 1.29 is 5.11 Å². The minimum atomic E-state index is -0.579. The Hall–Kier alpha value is -0.280. The summed E-state index contributed by atoms with van der Waals surface area (Å²) in [4.78, 5) is 0. The quantitative estimate of drug-likeness (QED) is 0.844. The molecule has 0 amide bonds. The van der Waals surface area contributed by atoms with E-state index in [1.807, 2.05) is 6.92 Å². The zero-order valence-electron chi connectivity index (χ0n) is 7.87. The highest BCUT2D eigenvalue weighted by atomic mass is 35.5. The molecule has 2 nitrogen and oxygen atoms in total. The van der Waals surface area contributed by atoms with Crippen LogP contribution >= 0.6 is 23.2 Å². The third-order valence-electron chi connectivity index (χ3n) is 1.92.